The third-order valence-electron chi connectivity index (χ3n) is 6.55. The predicted molar refractivity (Wildman–Crippen MR) is 160 cm³/mol. The van der Waals surface area contributed by atoms with E-state index in [9.17, 15) is 9.59 Å². The topological polar surface area (TPSA) is 77.4 Å². The number of fused-ring (bicyclic) bond motifs is 1. The Bertz CT molecular complexity index is 1170. The number of thioether (sulfide) groups is 1. The molecule has 1 unspecified atom stereocenters. The fraction of sp³-hybridized carbons (Fsp3) is 0.607. The Balaban J connectivity index is 2.10. The maximum atomic E-state index is 15.3. The van der Waals surface area contributed by atoms with Gasteiger partial charge in [0.2, 0.25) is 0 Å². The summed E-state index contributed by atoms with van der Waals surface area (Å²) < 4.78 is 47.0. The fourth-order valence-electron chi connectivity index (χ4n) is 4.43. The van der Waals surface area contributed by atoms with Crippen LogP contribution >= 0.6 is 27.7 Å². The molecule has 1 saturated carbocycles. The van der Waals surface area contributed by atoms with Crippen molar-refractivity contribution >= 4 is 53.0 Å². The zero-order valence-electron chi connectivity index (χ0n) is 24.2. The Morgan fingerprint density at radius 2 is 2.00 bits per heavy atom. The number of hydrogen-bond acceptors (Lipinski definition) is 7. The van der Waals surface area contributed by atoms with Crippen molar-refractivity contribution in [2.45, 2.75) is 75.7 Å². The first kappa shape index (κ1) is 32.7. The van der Waals surface area contributed by atoms with Crippen molar-refractivity contribution < 1.29 is 32.6 Å². The highest BCUT2D eigenvalue weighted by molar-refractivity contribution is 9.10. The number of hydrogen-bond donors (Lipinski definition) is 0. The molecule has 3 rings (SSSR count). The number of halogens is 3. The molecule has 1 aliphatic carbocycles. The van der Waals surface area contributed by atoms with Crippen LogP contribution in [0.15, 0.2) is 39.8 Å². The van der Waals surface area contributed by atoms with E-state index in [1.54, 1.807) is 33.8 Å². The lowest BCUT2D eigenvalue weighted by Gasteiger charge is -2.38. The number of nitrogens with zero attached hydrogens (tertiary/aromatic N) is 2. The van der Waals surface area contributed by atoms with Crippen LogP contribution in [0.25, 0.3) is 0 Å². The normalized spacial score (nSPS) is 24.4. The van der Waals surface area contributed by atoms with Gasteiger partial charge in [-0.2, -0.15) is 0 Å². The van der Waals surface area contributed by atoms with Crippen LogP contribution in [0.2, 0.25) is 25.7 Å². The summed E-state index contributed by atoms with van der Waals surface area (Å²) in [6.45, 7) is 13.1. The number of ether oxygens (including phenoxy) is 3. The minimum absolute atomic E-state index is 0.0716. The first-order valence-corrected chi connectivity index (χ1v) is 18.6. The van der Waals surface area contributed by atoms with Crippen molar-refractivity contribution in [2.75, 3.05) is 26.6 Å². The summed E-state index contributed by atoms with van der Waals surface area (Å²) in [5, 5.41) is 0.140. The summed E-state index contributed by atoms with van der Waals surface area (Å²) >= 11 is 4.59. The van der Waals surface area contributed by atoms with Gasteiger partial charge < -0.3 is 14.2 Å². The van der Waals surface area contributed by atoms with Crippen LogP contribution < -0.4 is 0 Å². The zero-order valence-corrected chi connectivity index (χ0v) is 27.6. The third kappa shape index (κ3) is 7.95. The summed E-state index contributed by atoms with van der Waals surface area (Å²) in [5.74, 6) is -1.62. The Kier molecular flexibility index (Phi) is 10.3. The summed E-state index contributed by atoms with van der Waals surface area (Å²) in [6.07, 6.45) is 2.67. The largest absolute Gasteiger partial charge is 0.463 e. The number of aliphatic imine (C=N–C) groups is 1. The molecule has 0 aromatic heterocycles. The number of amidine groups is 1. The Hall–Kier alpha value is -1.76. The van der Waals surface area contributed by atoms with E-state index in [0.29, 0.717) is 17.5 Å². The van der Waals surface area contributed by atoms with E-state index >= 15 is 8.78 Å². The van der Waals surface area contributed by atoms with Gasteiger partial charge >= 0.3 is 12.1 Å². The minimum atomic E-state index is -1.63. The molecule has 0 bridgehead atoms. The molecule has 7 nitrogen and oxygen atoms in total. The Morgan fingerprint density at radius 3 is 2.60 bits per heavy atom. The van der Waals surface area contributed by atoms with Gasteiger partial charge in [0.1, 0.15) is 30.4 Å². The molecule has 1 heterocycles. The summed E-state index contributed by atoms with van der Waals surface area (Å²) in [6, 6.07) is 5.19. The minimum Gasteiger partial charge on any atom is -0.463 e. The van der Waals surface area contributed by atoms with E-state index < -0.39 is 54.4 Å². The average molecular weight is 662 g/mol. The highest BCUT2D eigenvalue weighted by Crippen LogP contribution is 2.67. The summed E-state index contributed by atoms with van der Waals surface area (Å²) in [7, 11) is -1.41. The van der Waals surface area contributed by atoms with E-state index in [0.717, 1.165) is 6.04 Å². The van der Waals surface area contributed by atoms with Crippen LogP contribution in [0, 0.1) is 11.7 Å². The van der Waals surface area contributed by atoms with Gasteiger partial charge in [-0.1, -0.05) is 53.4 Å². The highest BCUT2D eigenvalue weighted by atomic mass is 79.9. The number of benzene rings is 1. The molecular formula is C28H39BrF2N2O5SSi. The second-order valence-electron chi connectivity index (χ2n) is 12.2. The third-order valence-corrected chi connectivity index (χ3v) is 10.2. The number of esters is 1. The van der Waals surface area contributed by atoms with Gasteiger partial charge in [-0.15, -0.1) is 0 Å². The number of carbonyl (C=O) groups is 2. The molecule has 1 aliphatic heterocycles. The lowest BCUT2D eigenvalue weighted by Crippen LogP contribution is -2.46. The van der Waals surface area contributed by atoms with Crippen molar-refractivity contribution in [3.63, 3.8) is 0 Å². The summed E-state index contributed by atoms with van der Waals surface area (Å²) in [4.78, 5) is 31.7. The predicted octanol–water partition coefficient (Wildman–Crippen LogP) is 7.28. The monoisotopic (exact) mass is 660 g/mol. The van der Waals surface area contributed by atoms with E-state index in [2.05, 4.69) is 35.6 Å². The van der Waals surface area contributed by atoms with Crippen LogP contribution in [-0.4, -0.2) is 67.2 Å². The van der Waals surface area contributed by atoms with Gasteiger partial charge in [0, 0.05) is 41.5 Å². The van der Waals surface area contributed by atoms with Crippen LogP contribution in [0.4, 0.5) is 13.6 Å². The molecular weight excluding hydrogens is 622 g/mol. The van der Waals surface area contributed by atoms with Crippen LogP contribution in [0.1, 0.15) is 39.7 Å². The molecule has 0 saturated heterocycles. The number of alkyl halides is 1. The van der Waals surface area contributed by atoms with E-state index in [-0.39, 0.29) is 24.1 Å². The molecule has 40 heavy (non-hydrogen) atoms. The maximum Gasteiger partial charge on any atom is 0.418 e. The molecule has 1 aromatic rings. The van der Waals surface area contributed by atoms with E-state index in [1.807, 2.05) is 0 Å². The quantitative estimate of drug-likeness (QED) is 0.0863. The summed E-state index contributed by atoms with van der Waals surface area (Å²) in [5.41, 5.74) is -2.38. The van der Waals surface area contributed by atoms with Crippen molar-refractivity contribution in [2.24, 2.45) is 10.9 Å². The van der Waals surface area contributed by atoms with Crippen LogP contribution in [0.3, 0.4) is 0 Å². The van der Waals surface area contributed by atoms with Crippen molar-refractivity contribution in [3.05, 3.63) is 46.2 Å². The molecule has 12 heteroatoms. The second kappa shape index (κ2) is 12.6. The van der Waals surface area contributed by atoms with Gasteiger partial charge in [-0.05, 0) is 58.4 Å². The number of carbonyl (C=O) groups excluding carboxylic acids is 2. The lowest BCUT2D eigenvalue weighted by atomic mass is 9.85. The Morgan fingerprint density at radius 1 is 1.30 bits per heavy atom. The zero-order chi connectivity index (χ0) is 29.9. The SMILES string of the molecule is CCOC(=O)/C=C/[C@]12CC1[C@@](CF)(c1cc(Br)ccc1F)N=C(N(COCC[Si](C)(C)C)C(=O)OC(C)(C)C)S2. The number of amides is 1. The molecule has 1 fully saturated rings. The second-order valence-corrected chi connectivity index (χ2v) is 20.1. The van der Waals surface area contributed by atoms with E-state index in [4.69, 9.17) is 19.2 Å². The lowest BCUT2D eigenvalue weighted by molar-refractivity contribution is -0.137. The smallest absolute Gasteiger partial charge is 0.418 e. The fourth-order valence-corrected chi connectivity index (χ4v) is 7.06. The highest BCUT2D eigenvalue weighted by Gasteiger charge is 2.68. The molecule has 222 valence electrons. The van der Waals surface area contributed by atoms with Gasteiger partial charge in [0.25, 0.3) is 0 Å². The van der Waals surface area contributed by atoms with Crippen molar-refractivity contribution in [1.29, 1.82) is 0 Å². The molecule has 1 amide bonds. The maximum absolute atomic E-state index is 15.3. The molecule has 0 radical (unpaired) electrons. The molecule has 1 aromatic carbocycles. The molecule has 0 spiro atoms. The molecule has 2 aliphatic rings. The van der Waals surface area contributed by atoms with Crippen LogP contribution in [0.5, 0.6) is 0 Å². The van der Waals surface area contributed by atoms with E-state index in [1.165, 1.54) is 40.9 Å². The van der Waals surface area contributed by atoms with Crippen molar-refractivity contribution in [1.82, 2.24) is 4.90 Å². The van der Waals surface area contributed by atoms with Gasteiger partial charge in [0.15, 0.2) is 5.17 Å². The van der Waals surface area contributed by atoms with Gasteiger partial charge in [-0.25, -0.2) is 28.3 Å². The van der Waals surface area contributed by atoms with Crippen LogP contribution in [-0.2, 0) is 24.5 Å². The average Bonchev–Trinajstić information content (AvgIpc) is 3.57. The first-order chi connectivity index (χ1) is 18.6. The Labute approximate surface area is 249 Å². The number of rotatable bonds is 10. The van der Waals surface area contributed by atoms with Crippen molar-refractivity contribution in [3.8, 4) is 0 Å². The van der Waals surface area contributed by atoms with Gasteiger partial charge in [0.05, 0.1) is 6.61 Å². The first-order valence-electron chi connectivity index (χ1n) is 13.3. The standard InChI is InChI=1S/C28H39BrF2N2O5SSi/c1-8-37-23(34)11-12-27-16-22(27)28(17-30,20-15-19(29)9-10-21(20)31)32-24(39-27)33(25(35)38-26(2,3)4)18-36-13-14-40(5,6)7/h9-12,15,22H,8,13-14,16-18H2,1-7H3/b12-11+/t22?,27-,28+/m0/s1. The molecule has 0 N–H and O–H groups in total. The van der Waals surface area contributed by atoms with Gasteiger partial charge in [-0.3, -0.25) is 0 Å². The molecule has 3 atom stereocenters.